The predicted molar refractivity (Wildman–Crippen MR) is 65.5 cm³/mol. The Morgan fingerprint density at radius 3 is 2.89 bits per heavy atom. The summed E-state index contributed by atoms with van der Waals surface area (Å²) in [5.74, 6) is -1.93. The van der Waals surface area contributed by atoms with Crippen LogP contribution in [0.1, 0.15) is 5.01 Å². The van der Waals surface area contributed by atoms with E-state index < -0.39 is 22.4 Å². The minimum Gasteiger partial charge on any atom is -0.481 e. The van der Waals surface area contributed by atoms with Gasteiger partial charge in [-0.3, -0.25) is 14.9 Å². The molecule has 1 N–H and O–H groups in total. The Bertz CT molecular complexity index is 656. The zero-order chi connectivity index (χ0) is 14.0. The van der Waals surface area contributed by atoms with E-state index in [4.69, 9.17) is 5.11 Å². The number of thiazole rings is 1. The zero-order valence-electron chi connectivity index (χ0n) is 9.37. The first-order chi connectivity index (χ1) is 8.97. The molecule has 2 rings (SSSR count). The molecule has 1 aromatic heterocycles. The van der Waals surface area contributed by atoms with Crippen LogP contribution >= 0.6 is 11.3 Å². The highest BCUT2D eigenvalue weighted by Crippen LogP contribution is 2.27. The lowest BCUT2D eigenvalue weighted by atomic mass is 10.1. The first kappa shape index (κ1) is 13.1. The van der Waals surface area contributed by atoms with E-state index >= 15 is 0 Å². The summed E-state index contributed by atoms with van der Waals surface area (Å²) in [6, 6.07) is 3.43. The quantitative estimate of drug-likeness (QED) is 0.686. The Balaban J connectivity index is 2.36. The van der Waals surface area contributed by atoms with Crippen LogP contribution in [0.4, 0.5) is 10.1 Å². The summed E-state index contributed by atoms with van der Waals surface area (Å²) in [5.41, 5.74) is 0.135. The van der Waals surface area contributed by atoms with Crippen LogP contribution in [0.2, 0.25) is 0 Å². The number of hydrogen-bond acceptors (Lipinski definition) is 5. The van der Waals surface area contributed by atoms with Gasteiger partial charge >= 0.3 is 11.7 Å². The Morgan fingerprint density at radius 2 is 2.26 bits per heavy atom. The Hall–Kier alpha value is -2.35. The standard InChI is InChI=1S/C11H7FN2O4S/c12-7-2-1-6(3-9(7)14(17)18)8-5-19-10(13-8)4-11(15)16/h1-3,5H,4H2,(H,15,16). The first-order valence-corrected chi connectivity index (χ1v) is 5.96. The van der Waals surface area contributed by atoms with E-state index in [0.29, 0.717) is 16.3 Å². The lowest BCUT2D eigenvalue weighted by molar-refractivity contribution is -0.387. The molecule has 0 atom stereocenters. The van der Waals surface area contributed by atoms with Crippen LogP contribution < -0.4 is 0 Å². The summed E-state index contributed by atoms with van der Waals surface area (Å²) in [5, 5.41) is 21.2. The fraction of sp³-hybridized carbons (Fsp3) is 0.0909. The lowest BCUT2D eigenvalue weighted by Crippen LogP contribution is -1.99. The molecule has 0 unspecified atom stereocenters. The van der Waals surface area contributed by atoms with Crippen molar-refractivity contribution in [2.75, 3.05) is 0 Å². The van der Waals surface area contributed by atoms with Crippen molar-refractivity contribution in [1.29, 1.82) is 0 Å². The lowest BCUT2D eigenvalue weighted by Gasteiger charge is -1.98. The number of aromatic nitrogens is 1. The molecule has 0 amide bonds. The maximum absolute atomic E-state index is 13.2. The SMILES string of the molecule is O=C(O)Cc1nc(-c2ccc(F)c([N+](=O)[O-])c2)cs1. The van der Waals surface area contributed by atoms with Gasteiger partial charge in [0.15, 0.2) is 0 Å². The molecular weight excluding hydrogens is 275 g/mol. The van der Waals surface area contributed by atoms with Gasteiger partial charge in [-0.1, -0.05) is 0 Å². The number of nitrogens with zero attached hydrogens (tertiary/aromatic N) is 2. The van der Waals surface area contributed by atoms with E-state index in [2.05, 4.69) is 4.98 Å². The average Bonchev–Trinajstić information content (AvgIpc) is 2.76. The summed E-state index contributed by atoms with van der Waals surface area (Å²) in [6.45, 7) is 0. The van der Waals surface area contributed by atoms with Crippen LogP contribution in [0.3, 0.4) is 0 Å². The molecule has 0 saturated heterocycles. The molecule has 0 fully saturated rings. The minimum absolute atomic E-state index is 0.214. The fourth-order valence-electron chi connectivity index (χ4n) is 1.47. The van der Waals surface area contributed by atoms with Crippen molar-refractivity contribution in [2.24, 2.45) is 0 Å². The van der Waals surface area contributed by atoms with Crippen molar-refractivity contribution in [3.8, 4) is 11.3 Å². The number of carbonyl (C=O) groups is 1. The molecule has 8 heteroatoms. The van der Waals surface area contributed by atoms with Crippen molar-refractivity contribution in [3.05, 3.63) is 44.5 Å². The summed E-state index contributed by atoms with van der Waals surface area (Å²) in [4.78, 5) is 24.4. The second kappa shape index (κ2) is 5.11. The number of nitro groups is 1. The summed E-state index contributed by atoms with van der Waals surface area (Å²) in [7, 11) is 0. The van der Waals surface area contributed by atoms with Gasteiger partial charge in [-0.05, 0) is 12.1 Å². The molecule has 0 saturated carbocycles. The number of carboxylic acid groups (broad SMARTS) is 1. The van der Waals surface area contributed by atoms with Gasteiger partial charge in [0.05, 0.1) is 17.0 Å². The van der Waals surface area contributed by atoms with Crippen molar-refractivity contribution in [2.45, 2.75) is 6.42 Å². The maximum atomic E-state index is 13.2. The molecule has 1 heterocycles. The number of benzene rings is 1. The zero-order valence-corrected chi connectivity index (χ0v) is 10.2. The third kappa shape index (κ3) is 2.91. The number of nitro benzene ring substituents is 1. The topological polar surface area (TPSA) is 93.3 Å². The van der Waals surface area contributed by atoms with Gasteiger partial charge in [0.1, 0.15) is 5.01 Å². The largest absolute Gasteiger partial charge is 0.481 e. The molecule has 0 aliphatic carbocycles. The minimum atomic E-state index is -1.01. The number of hydrogen-bond donors (Lipinski definition) is 1. The summed E-state index contributed by atoms with van der Waals surface area (Å²) in [6.07, 6.45) is -0.214. The Morgan fingerprint density at radius 1 is 1.53 bits per heavy atom. The molecular formula is C11H7FN2O4S. The van der Waals surface area contributed by atoms with Crippen molar-refractivity contribution in [3.63, 3.8) is 0 Å². The smallest absolute Gasteiger partial charge is 0.310 e. The molecule has 2 aromatic rings. The molecule has 0 bridgehead atoms. The summed E-state index contributed by atoms with van der Waals surface area (Å²) >= 11 is 1.14. The highest BCUT2D eigenvalue weighted by atomic mass is 32.1. The van der Waals surface area contributed by atoms with Crippen molar-refractivity contribution >= 4 is 23.0 Å². The van der Waals surface area contributed by atoms with Crippen LogP contribution in [0.5, 0.6) is 0 Å². The van der Waals surface area contributed by atoms with E-state index in [-0.39, 0.29) is 6.42 Å². The second-order valence-corrected chi connectivity index (χ2v) is 4.56. The van der Waals surface area contributed by atoms with E-state index in [1.807, 2.05) is 0 Å². The molecule has 19 heavy (non-hydrogen) atoms. The van der Waals surface area contributed by atoms with E-state index in [0.717, 1.165) is 23.5 Å². The average molecular weight is 282 g/mol. The Kier molecular flexibility index (Phi) is 3.52. The van der Waals surface area contributed by atoms with Gasteiger partial charge in [0, 0.05) is 17.0 Å². The van der Waals surface area contributed by atoms with Crippen LogP contribution in [0.25, 0.3) is 11.3 Å². The third-order valence-electron chi connectivity index (χ3n) is 2.29. The maximum Gasteiger partial charge on any atom is 0.310 e. The Labute approximate surface area is 110 Å². The van der Waals surface area contributed by atoms with E-state index in [1.165, 1.54) is 6.07 Å². The van der Waals surface area contributed by atoms with Crippen LogP contribution in [0.15, 0.2) is 23.6 Å². The van der Waals surface area contributed by atoms with Gasteiger partial charge in [0.25, 0.3) is 0 Å². The predicted octanol–water partition coefficient (Wildman–Crippen LogP) is 2.48. The van der Waals surface area contributed by atoms with Gasteiger partial charge in [-0.25, -0.2) is 4.98 Å². The van der Waals surface area contributed by atoms with Crippen LogP contribution in [-0.2, 0) is 11.2 Å². The molecule has 0 aliphatic rings. The van der Waals surface area contributed by atoms with Crippen LogP contribution in [0, 0.1) is 15.9 Å². The number of aliphatic carboxylic acids is 1. The summed E-state index contributed by atoms with van der Waals surface area (Å²) < 4.78 is 13.2. The monoisotopic (exact) mass is 282 g/mol. The highest BCUT2D eigenvalue weighted by Gasteiger charge is 2.16. The first-order valence-electron chi connectivity index (χ1n) is 5.08. The molecule has 0 radical (unpaired) electrons. The number of rotatable bonds is 4. The molecule has 98 valence electrons. The third-order valence-corrected chi connectivity index (χ3v) is 3.14. The normalized spacial score (nSPS) is 10.4. The van der Waals surface area contributed by atoms with Crippen molar-refractivity contribution in [1.82, 2.24) is 4.98 Å². The highest BCUT2D eigenvalue weighted by molar-refractivity contribution is 7.10. The molecule has 6 nitrogen and oxygen atoms in total. The second-order valence-electron chi connectivity index (χ2n) is 3.62. The van der Waals surface area contributed by atoms with Crippen LogP contribution in [-0.4, -0.2) is 21.0 Å². The van der Waals surface area contributed by atoms with Gasteiger partial charge in [-0.2, -0.15) is 4.39 Å². The molecule has 0 aliphatic heterocycles. The number of halogens is 1. The van der Waals surface area contributed by atoms with Crippen molar-refractivity contribution < 1.29 is 19.2 Å². The van der Waals surface area contributed by atoms with E-state index in [9.17, 15) is 19.3 Å². The molecule has 0 spiro atoms. The van der Waals surface area contributed by atoms with Gasteiger partial charge < -0.3 is 5.11 Å². The number of carboxylic acids is 1. The molecule has 1 aromatic carbocycles. The fourth-order valence-corrected chi connectivity index (χ4v) is 2.26. The van der Waals surface area contributed by atoms with Gasteiger partial charge in [-0.15, -0.1) is 11.3 Å². The van der Waals surface area contributed by atoms with E-state index in [1.54, 1.807) is 5.38 Å². The van der Waals surface area contributed by atoms with Gasteiger partial charge in [0.2, 0.25) is 5.82 Å².